The number of amides is 1. The van der Waals surface area contributed by atoms with Gasteiger partial charge < -0.3 is 4.74 Å². The lowest BCUT2D eigenvalue weighted by atomic mass is 10.2. The molecule has 1 N–H and O–H groups in total. The summed E-state index contributed by atoms with van der Waals surface area (Å²) in [7, 11) is 0. The van der Waals surface area contributed by atoms with E-state index in [2.05, 4.69) is 10.3 Å². The van der Waals surface area contributed by atoms with Gasteiger partial charge in [-0.3, -0.25) is 10.1 Å². The van der Waals surface area contributed by atoms with E-state index in [1.165, 1.54) is 11.3 Å². The summed E-state index contributed by atoms with van der Waals surface area (Å²) in [5, 5.41) is 12.0. The Morgan fingerprint density at radius 3 is 2.73 bits per heavy atom. The predicted molar refractivity (Wildman–Crippen MR) is 84.9 cm³/mol. The average molecular weight is 309 g/mol. The zero-order chi connectivity index (χ0) is 15.4. The van der Waals surface area contributed by atoms with Crippen molar-refractivity contribution in [1.82, 2.24) is 4.98 Å². The summed E-state index contributed by atoms with van der Waals surface area (Å²) in [5.74, 6) is 0.266. The number of para-hydroxylation sites is 1. The number of benzene rings is 2. The van der Waals surface area contributed by atoms with Gasteiger partial charge in [0.1, 0.15) is 5.75 Å². The number of carbonyl (C=O) groups is 1. The summed E-state index contributed by atoms with van der Waals surface area (Å²) in [6.07, 6.45) is 0. The number of nitrogens with one attached hydrogen (secondary N) is 1. The van der Waals surface area contributed by atoms with Crippen LogP contribution < -0.4 is 10.1 Å². The van der Waals surface area contributed by atoms with E-state index in [0.717, 1.165) is 10.2 Å². The normalized spacial score (nSPS) is 10.1. The molecule has 0 aliphatic heterocycles. The Morgan fingerprint density at radius 2 is 2.00 bits per heavy atom. The van der Waals surface area contributed by atoms with Crippen LogP contribution in [0.2, 0.25) is 0 Å². The van der Waals surface area contributed by atoms with Crippen LogP contribution in [0.5, 0.6) is 5.75 Å². The van der Waals surface area contributed by atoms with Crippen molar-refractivity contribution in [3.8, 4) is 11.8 Å². The Balaban J connectivity index is 1.58. The van der Waals surface area contributed by atoms with E-state index in [1.807, 2.05) is 30.3 Å². The maximum Gasteiger partial charge on any atom is 0.264 e. The molecule has 22 heavy (non-hydrogen) atoms. The van der Waals surface area contributed by atoms with Crippen LogP contribution in [0.3, 0.4) is 0 Å². The van der Waals surface area contributed by atoms with Gasteiger partial charge in [-0.25, -0.2) is 4.98 Å². The molecule has 0 spiro atoms. The van der Waals surface area contributed by atoms with Gasteiger partial charge in [-0.15, -0.1) is 0 Å². The van der Waals surface area contributed by atoms with E-state index in [1.54, 1.807) is 24.3 Å². The van der Waals surface area contributed by atoms with Crippen molar-refractivity contribution in [2.45, 2.75) is 0 Å². The SMILES string of the molecule is N#Cc1ccc(OCC(=O)Nc2nc3ccccc3s2)cc1. The first-order valence-electron chi connectivity index (χ1n) is 6.53. The highest BCUT2D eigenvalue weighted by Gasteiger charge is 2.08. The largest absolute Gasteiger partial charge is 0.484 e. The lowest BCUT2D eigenvalue weighted by Gasteiger charge is -2.05. The van der Waals surface area contributed by atoms with E-state index in [0.29, 0.717) is 16.4 Å². The van der Waals surface area contributed by atoms with Crippen molar-refractivity contribution in [2.24, 2.45) is 0 Å². The molecule has 0 atom stereocenters. The average Bonchev–Trinajstić information content (AvgIpc) is 2.95. The number of hydrogen-bond donors (Lipinski definition) is 1. The number of nitrogens with zero attached hydrogens (tertiary/aromatic N) is 2. The van der Waals surface area contributed by atoms with Crippen molar-refractivity contribution in [1.29, 1.82) is 5.26 Å². The molecular weight excluding hydrogens is 298 g/mol. The van der Waals surface area contributed by atoms with Crippen LogP contribution in [0.4, 0.5) is 5.13 Å². The standard InChI is InChI=1S/C16H11N3O2S/c17-9-11-5-7-12(8-6-11)21-10-15(20)19-16-18-13-3-1-2-4-14(13)22-16/h1-8H,10H2,(H,18,19,20). The number of rotatable bonds is 4. The van der Waals surface area contributed by atoms with Gasteiger partial charge in [0.15, 0.2) is 11.7 Å². The second-order valence-corrected chi connectivity index (χ2v) is 5.49. The predicted octanol–water partition coefficient (Wildman–Crippen LogP) is 3.19. The molecule has 1 aromatic heterocycles. The number of nitriles is 1. The molecule has 0 aliphatic rings. The highest BCUT2D eigenvalue weighted by molar-refractivity contribution is 7.22. The number of ether oxygens (including phenoxy) is 1. The summed E-state index contributed by atoms with van der Waals surface area (Å²) in [5.41, 5.74) is 1.40. The lowest BCUT2D eigenvalue weighted by molar-refractivity contribution is -0.118. The third kappa shape index (κ3) is 3.22. The highest BCUT2D eigenvalue weighted by Crippen LogP contribution is 2.25. The molecule has 1 amide bonds. The van der Waals surface area contributed by atoms with Gasteiger partial charge in [0.25, 0.3) is 5.91 Å². The molecule has 2 aromatic carbocycles. The third-order valence-electron chi connectivity index (χ3n) is 2.89. The summed E-state index contributed by atoms with van der Waals surface area (Å²) in [6, 6.07) is 16.3. The van der Waals surface area contributed by atoms with Crippen molar-refractivity contribution in [3.05, 3.63) is 54.1 Å². The number of aromatic nitrogens is 1. The molecule has 0 unspecified atom stereocenters. The second-order valence-electron chi connectivity index (χ2n) is 4.46. The maximum atomic E-state index is 11.9. The molecule has 0 radical (unpaired) electrons. The minimum atomic E-state index is -0.275. The van der Waals surface area contributed by atoms with Crippen LogP contribution in [-0.4, -0.2) is 17.5 Å². The quantitative estimate of drug-likeness (QED) is 0.803. The Hall–Kier alpha value is -2.91. The van der Waals surface area contributed by atoms with Crippen LogP contribution >= 0.6 is 11.3 Å². The minimum absolute atomic E-state index is 0.109. The third-order valence-corrected chi connectivity index (χ3v) is 3.85. The summed E-state index contributed by atoms with van der Waals surface area (Å²) in [4.78, 5) is 16.2. The molecule has 0 bridgehead atoms. The van der Waals surface area contributed by atoms with Gasteiger partial charge in [-0.05, 0) is 36.4 Å². The molecule has 108 valence electrons. The number of anilines is 1. The first kappa shape index (κ1) is 14.0. The monoisotopic (exact) mass is 309 g/mol. The van der Waals surface area contributed by atoms with Gasteiger partial charge >= 0.3 is 0 Å². The second kappa shape index (κ2) is 6.24. The Bertz CT molecular complexity index is 817. The minimum Gasteiger partial charge on any atom is -0.484 e. The van der Waals surface area contributed by atoms with E-state index >= 15 is 0 Å². The summed E-state index contributed by atoms with van der Waals surface area (Å²) in [6.45, 7) is -0.109. The zero-order valence-corrected chi connectivity index (χ0v) is 12.3. The summed E-state index contributed by atoms with van der Waals surface area (Å²) >= 11 is 1.42. The number of carbonyl (C=O) groups excluding carboxylic acids is 1. The van der Waals surface area contributed by atoms with Crippen molar-refractivity contribution in [2.75, 3.05) is 11.9 Å². The van der Waals surface area contributed by atoms with Gasteiger partial charge in [0, 0.05) is 0 Å². The van der Waals surface area contributed by atoms with Gasteiger partial charge in [-0.2, -0.15) is 5.26 Å². The van der Waals surface area contributed by atoms with Crippen LogP contribution in [-0.2, 0) is 4.79 Å². The highest BCUT2D eigenvalue weighted by atomic mass is 32.1. The zero-order valence-electron chi connectivity index (χ0n) is 11.4. The van der Waals surface area contributed by atoms with Gasteiger partial charge in [0.2, 0.25) is 0 Å². The van der Waals surface area contributed by atoms with Gasteiger partial charge in [-0.1, -0.05) is 23.5 Å². The smallest absolute Gasteiger partial charge is 0.264 e. The molecular formula is C16H11N3O2S. The maximum absolute atomic E-state index is 11.9. The van der Waals surface area contributed by atoms with E-state index in [4.69, 9.17) is 10.00 Å². The number of hydrogen-bond acceptors (Lipinski definition) is 5. The number of thiazole rings is 1. The topological polar surface area (TPSA) is 75.0 Å². The van der Waals surface area contributed by atoms with Gasteiger partial charge in [0.05, 0.1) is 21.8 Å². The number of fused-ring (bicyclic) bond motifs is 1. The molecule has 0 aliphatic carbocycles. The van der Waals surface area contributed by atoms with Crippen molar-refractivity contribution in [3.63, 3.8) is 0 Å². The Morgan fingerprint density at radius 1 is 1.23 bits per heavy atom. The van der Waals surface area contributed by atoms with Crippen LogP contribution in [0.15, 0.2) is 48.5 Å². The van der Waals surface area contributed by atoms with E-state index < -0.39 is 0 Å². The Kier molecular flexibility index (Phi) is 3.99. The van der Waals surface area contributed by atoms with E-state index in [9.17, 15) is 4.79 Å². The van der Waals surface area contributed by atoms with Crippen molar-refractivity contribution >= 4 is 32.6 Å². The molecule has 0 fully saturated rings. The fourth-order valence-electron chi connectivity index (χ4n) is 1.86. The molecule has 5 nitrogen and oxygen atoms in total. The molecule has 3 rings (SSSR count). The first-order chi connectivity index (χ1) is 10.7. The molecule has 0 saturated heterocycles. The van der Waals surface area contributed by atoms with Crippen LogP contribution in [0.25, 0.3) is 10.2 Å². The molecule has 3 aromatic rings. The summed E-state index contributed by atoms with van der Waals surface area (Å²) < 4.78 is 6.39. The molecule has 0 saturated carbocycles. The molecule has 1 heterocycles. The van der Waals surface area contributed by atoms with Crippen LogP contribution in [0.1, 0.15) is 5.56 Å². The lowest BCUT2D eigenvalue weighted by Crippen LogP contribution is -2.19. The Labute approximate surface area is 130 Å². The van der Waals surface area contributed by atoms with E-state index in [-0.39, 0.29) is 12.5 Å². The fourth-order valence-corrected chi connectivity index (χ4v) is 2.74. The van der Waals surface area contributed by atoms with Crippen molar-refractivity contribution < 1.29 is 9.53 Å². The van der Waals surface area contributed by atoms with Crippen LogP contribution in [0, 0.1) is 11.3 Å². The molecule has 6 heteroatoms. The first-order valence-corrected chi connectivity index (χ1v) is 7.34. The fraction of sp³-hybridized carbons (Fsp3) is 0.0625.